The maximum absolute atomic E-state index is 4.90. The number of hydrogen-bond donors (Lipinski definition) is 0. The van der Waals surface area contributed by atoms with Crippen LogP contribution in [0.25, 0.3) is 11.1 Å². The average molecular weight is 225 g/mol. The number of benzene rings is 2. The summed E-state index contributed by atoms with van der Waals surface area (Å²) in [5.74, 6) is 0. The van der Waals surface area contributed by atoms with E-state index in [9.17, 15) is 0 Å². The van der Waals surface area contributed by atoms with Crippen LogP contribution in [0.1, 0.15) is 11.1 Å². The van der Waals surface area contributed by atoms with E-state index in [1.54, 1.807) is 0 Å². The van der Waals surface area contributed by atoms with Crippen molar-refractivity contribution in [3.05, 3.63) is 59.7 Å². The number of aryl methyl sites for hydroxylation is 1. The highest BCUT2D eigenvalue weighted by atomic mass is 28.2. The zero-order valence-electron chi connectivity index (χ0n) is 9.23. The van der Waals surface area contributed by atoms with Gasteiger partial charge in [-0.25, -0.2) is 0 Å². The van der Waals surface area contributed by atoms with E-state index in [1.165, 1.54) is 16.7 Å². The first-order valence-electron chi connectivity index (χ1n) is 5.25. The van der Waals surface area contributed by atoms with Crippen LogP contribution in [0.3, 0.4) is 0 Å². The molecule has 0 aliphatic heterocycles. The average Bonchev–Trinajstić information content (AvgIpc) is 2.31. The molecule has 1 nitrogen and oxygen atoms in total. The first-order chi connectivity index (χ1) is 7.81. The minimum absolute atomic E-state index is 0.588. The normalized spacial score (nSPS) is 10.4. The molecule has 2 aromatic carbocycles. The Morgan fingerprint density at radius 2 is 1.69 bits per heavy atom. The SMILES string of the molecule is Cc1ccccc1-c1ccc(CO[Si])cc1. The highest BCUT2D eigenvalue weighted by Crippen LogP contribution is 2.23. The monoisotopic (exact) mass is 225 g/mol. The molecule has 2 aromatic rings. The van der Waals surface area contributed by atoms with Crippen LogP contribution in [0.4, 0.5) is 0 Å². The molecule has 0 saturated heterocycles. The first kappa shape index (κ1) is 11.1. The second-order valence-electron chi connectivity index (χ2n) is 3.80. The maximum Gasteiger partial charge on any atom is 0.246 e. The standard InChI is InChI=1S/C14H13OSi/c1-11-4-2-3-5-14(11)13-8-6-12(7-9-13)10-15-16/h2-9H,10H2,1H3. The summed E-state index contributed by atoms with van der Waals surface area (Å²) in [6, 6.07) is 16.8. The van der Waals surface area contributed by atoms with Crippen molar-refractivity contribution in [1.82, 2.24) is 0 Å². The van der Waals surface area contributed by atoms with Crippen LogP contribution in [0.2, 0.25) is 0 Å². The van der Waals surface area contributed by atoms with Crippen LogP contribution < -0.4 is 0 Å². The fourth-order valence-corrected chi connectivity index (χ4v) is 1.93. The van der Waals surface area contributed by atoms with E-state index in [1.807, 2.05) is 0 Å². The van der Waals surface area contributed by atoms with Gasteiger partial charge in [-0.15, -0.1) is 0 Å². The third-order valence-corrected chi connectivity index (χ3v) is 2.79. The molecule has 0 atom stereocenters. The molecule has 2 heteroatoms. The van der Waals surface area contributed by atoms with Crippen LogP contribution >= 0.6 is 0 Å². The van der Waals surface area contributed by atoms with E-state index in [2.05, 4.69) is 65.9 Å². The van der Waals surface area contributed by atoms with Crippen molar-refractivity contribution >= 4 is 10.5 Å². The quantitative estimate of drug-likeness (QED) is 0.729. The van der Waals surface area contributed by atoms with Gasteiger partial charge in [-0.3, -0.25) is 0 Å². The minimum atomic E-state index is 0.588. The Bertz CT molecular complexity index is 462. The summed E-state index contributed by atoms with van der Waals surface area (Å²) >= 11 is 0. The molecule has 2 rings (SSSR count). The molecular weight excluding hydrogens is 212 g/mol. The summed E-state index contributed by atoms with van der Waals surface area (Å²) in [4.78, 5) is 0. The number of rotatable bonds is 3. The topological polar surface area (TPSA) is 9.23 Å². The number of hydrogen-bond acceptors (Lipinski definition) is 1. The first-order valence-corrected chi connectivity index (χ1v) is 5.65. The zero-order chi connectivity index (χ0) is 11.4. The molecule has 0 fully saturated rings. The molecule has 0 heterocycles. The third kappa shape index (κ3) is 2.40. The molecule has 3 radical (unpaired) electrons. The summed E-state index contributed by atoms with van der Waals surface area (Å²) < 4.78 is 4.90. The fraction of sp³-hybridized carbons (Fsp3) is 0.143. The molecule has 0 bridgehead atoms. The van der Waals surface area contributed by atoms with E-state index in [-0.39, 0.29) is 0 Å². The molecule has 79 valence electrons. The van der Waals surface area contributed by atoms with Gasteiger partial charge in [0.25, 0.3) is 0 Å². The Morgan fingerprint density at radius 1 is 1.00 bits per heavy atom. The van der Waals surface area contributed by atoms with Gasteiger partial charge in [-0.1, -0.05) is 48.5 Å². The summed E-state index contributed by atoms with van der Waals surface area (Å²) in [7, 11) is 3.01. The highest BCUT2D eigenvalue weighted by molar-refractivity contribution is 5.97. The van der Waals surface area contributed by atoms with Gasteiger partial charge < -0.3 is 4.43 Å². The largest absolute Gasteiger partial charge is 0.414 e. The minimum Gasteiger partial charge on any atom is -0.414 e. The fourth-order valence-electron chi connectivity index (χ4n) is 1.76. The zero-order valence-corrected chi connectivity index (χ0v) is 10.2. The molecule has 0 aliphatic rings. The van der Waals surface area contributed by atoms with Gasteiger partial charge >= 0.3 is 0 Å². The van der Waals surface area contributed by atoms with E-state index < -0.39 is 0 Å². The predicted molar refractivity (Wildman–Crippen MR) is 67.2 cm³/mol. The lowest BCUT2D eigenvalue weighted by Gasteiger charge is -2.06. The lowest BCUT2D eigenvalue weighted by Crippen LogP contribution is -1.88. The summed E-state index contributed by atoms with van der Waals surface area (Å²) in [5, 5.41) is 0. The van der Waals surface area contributed by atoms with Gasteiger partial charge in [-0.05, 0) is 29.2 Å². The Morgan fingerprint density at radius 3 is 2.31 bits per heavy atom. The van der Waals surface area contributed by atoms with E-state index in [4.69, 9.17) is 4.43 Å². The van der Waals surface area contributed by atoms with Crippen molar-refractivity contribution in [3.63, 3.8) is 0 Å². The van der Waals surface area contributed by atoms with Gasteiger partial charge in [0.15, 0.2) is 0 Å². The molecule has 0 saturated carbocycles. The van der Waals surface area contributed by atoms with Crippen LogP contribution in [-0.4, -0.2) is 10.5 Å². The van der Waals surface area contributed by atoms with Gasteiger partial charge in [-0.2, -0.15) is 0 Å². The van der Waals surface area contributed by atoms with Crippen molar-refractivity contribution in [2.24, 2.45) is 0 Å². The van der Waals surface area contributed by atoms with E-state index in [0.29, 0.717) is 6.61 Å². The highest BCUT2D eigenvalue weighted by Gasteiger charge is 2.00. The maximum atomic E-state index is 4.90. The summed E-state index contributed by atoms with van der Waals surface area (Å²) in [6.07, 6.45) is 0. The van der Waals surface area contributed by atoms with Gasteiger partial charge in [0.2, 0.25) is 10.5 Å². The lowest BCUT2D eigenvalue weighted by atomic mass is 10.00. The Kier molecular flexibility index (Phi) is 3.54. The van der Waals surface area contributed by atoms with Crippen molar-refractivity contribution < 1.29 is 4.43 Å². The Balaban J connectivity index is 2.31. The molecule has 0 amide bonds. The molecule has 0 N–H and O–H groups in total. The van der Waals surface area contributed by atoms with Crippen LogP contribution in [0, 0.1) is 6.92 Å². The summed E-state index contributed by atoms with van der Waals surface area (Å²) in [5.41, 5.74) is 4.99. The second-order valence-corrected chi connectivity index (χ2v) is 4.09. The Labute approximate surface area is 99.6 Å². The third-order valence-electron chi connectivity index (χ3n) is 2.65. The van der Waals surface area contributed by atoms with Gasteiger partial charge in [0.1, 0.15) is 0 Å². The molecule has 0 spiro atoms. The lowest BCUT2D eigenvalue weighted by molar-refractivity contribution is 0.338. The van der Waals surface area contributed by atoms with Crippen molar-refractivity contribution in [3.8, 4) is 11.1 Å². The predicted octanol–water partition coefficient (Wildman–Crippen LogP) is 3.26. The molecule has 0 aliphatic carbocycles. The smallest absolute Gasteiger partial charge is 0.246 e. The molecule has 0 aromatic heterocycles. The molecule has 0 unspecified atom stereocenters. The second kappa shape index (κ2) is 5.10. The van der Waals surface area contributed by atoms with Gasteiger partial charge in [0, 0.05) is 0 Å². The van der Waals surface area contributed by atoms with Crippen LogP contribution in [0.15, 0.2) is 48.5 Å². The van der Waals surface area contributed by atoms with E-state index in [0.717, 1.165) is 5.56 Å². The van der Waals surface area contributed by atoms with Crippen LogP contribution in [0.5, 0.6) is 0 Å². The molecular formula is C14H13OSi. The van der Waals surface area contributed by atoms with Crippen molar-refractivity contribution in [1.29, 1.82) is 0 Å². The van der Waals surface area contributed by atoms with Gasteiger partial charge in [0.05, 0.1) is 6.61 Å². The van der Waals surface area contributed by atoms with Crippen LogP contribution in [-0.2, 0) is 11.0 Å². The summed E-state index contributed by atoms with van der Waals surface area (Å²) in [6.45, 7) is 2.72. The van der Waals surface area contributed by atoms with Crippen molar-refractivity contribution in [2.45, 2.75) is 13.5 Å². The molecule has 16 heavy (non-hydrogen) atoms. The Hall–Kier alpha value is -1.38. The van der Waals surface area contributed by atoms with E-state index >= 15 is 0 Å². The van der Waals surface area contributed by atoms with Crippen molar-refractivity contribution in [2.75, 3.05) is 0 Å².